The standard InChI is InChI=1S/C23H21ClFN3O3/c1-13-11-26-22-16(21(13)24)6-4-8-18(22)27-23(31)19-10-15(29)12-28(19)20(30)9-14-5-2-3-7-17(14)25/h2-8,11,15,19,29H,9-10,12H2,1H3,(H,27,31). The van der Waals surface area contributed by atoms with Crippen LogP contribution in [-0.4, -0.2) is 45.5 Å². The highest BCUT2D eigenvalue weighted by Crippen LogP contribution is 2.30. The van der Waals surface area contributed by atoms with Gasteiger partial charge >= 0.3 is 0 Å². The number of carbonyl (C=O) groups excluding carboxylic acids is 2. The first-order chi connectivity index (χ1) is 14.8. The lowest BCUT2D eigenvalue weighted by molar-refractivity contribution is -0.136. The summed E-state index contributed by atoms with van der Waals surface area (Å²) in [5.74, 6) is -1.34. The number of hydrogen-bond donors (Lipinski definition) is 2. The molecule has 2 unspecified atom stereocenters. The van der Waals surface area contributed by atoms with E-state index in [1.54, 1.807) is 30.5 Å². The maximum Gasteiger partial charge on any atom is 0.247 e. The number of para-hydroxylation sites is 1. The van der Waals surface area contributed by atoms with Crippen molar-refractivity contribution < 1.29 is 19.1 Å². The number of likely N-dealkylation sites (tertiary alicyclic amines) is 1. The molecule has 6 nitrogen and oxygen atoms in total. The molecule has 4 rings (SSSR count). The number of fused-ring (bicyclic) bond motifs is 1. The molecule has 0 bridgehead atoms. The van der Waals surface area contributed by atoms with Crippen molar-refractivity contribution in [3.63, 3.8) is 0 Å². The summed E-state index contributed by atoms with van der Waals surface area (Å²) in [5.41, 5.74) is 2.07. The third kappa shape index (κ3) is 4.24. The number of amides is 2. The van der Waals surface area contributed by atoms with Crippen LogP contribution >= 0.6 is 11.6 Å². The number of hydrogen-bond acceptors (Lipinski definition) is 4. The van der Waals surface area contributed by atoms with Gasteiger partial charge in [0.05, 0.1) is 28.8 Å². The van der Waals surface area contributed by atoms with E-state index in [0.29, 0.717) is 21.6 Å². The number of anilines is 1. The molecule has 2 N–H and O–H groups in total. The van der Waals surface area contributed by atoms with Gasteiger partial charge in [0.15, 0.2) is 0 Å². The fourth-order valence-corrected chi connectivity index (χ4v) is 4.05. The summed E-state index contributed by atoms with van der Waals surface area (Å²) in [6.07, 6.45) is 0.716. The molecular weight excluding hydrogens is 421 g/mol. The first-order valence-corrected chi connectivity index (χ1v) is 10.3. The van der Waals surface area contributed by atoms with Gasteiger partial charge in [0.1, 0.15) is 11.9 Å². The summed E-state index contributed by atoms with van der Waals surface area (Å²) in [7, 11) is 0. The highest BCUT2D eigenvalue weighted by atomic mass is 35.5. The van der Waals surface area contributed by atoms with E-state index in [-0.39, 0.29) is 24.9 Å². The maximum absolute atomic E-state index is 13.9. The number of aromatic nitrogens is 1. The first-order valence-electron chi connectivity index (χ1n) is 9.90. The SMILES string of the molecule is Cc1cnc2c(NC(=O)C3CC(O)CN3C(=O)Cc3ccccc3F)cccc2c1Cl. The summed E-state index contributed by atoms with van der Waals surface area (Å²) in [6, 6.07) is 10.4. The molecule has 1 aliphatic heterocycles. The van der Waals surface area contributed by atoms with Crippen molar-refractivity contribution in [3.8, 4) is 0 Å². The van der Waals surface area contributed by atoms with Gasteiger partial charge in [-0.3, -0.25) is 14.6 Å². The van der Waals surface area contributed by atoms with Crippen LogP contribution in [0.5, 0.6) is 0 Å². The number of β-amino-alcohol motifs (C(OH)–C–C–N with tert-alkyl or cyclic N) is 1. The number of halogens is 2. The van der Waals surface area contributed by atoms with Crippen LogP contribution in [0.2, 0.25) is 5.02 Å². The zero-order chi connectivity index (χ0) is 22.1. The van der Waals surface area contributed by atoms with E-state index in [1.807, 2.05) is 13.0 Å². The van der Waals surface area contributed by atoms with Gasteiger partial charge in [-0.25, -0.2) is 4.39 Å². The van der Waals surface area contributed by atoms with Crippen molar-refractivity contribution in [1.29, 1.82) is 0 Å². The second-order valence-electron chi connectivity index (χ2n) is 7.67. The maximum atomic E-state index is 13.9. The Morgan fingerprint density at radius 3 is 2.81 bits per heavy atom. The Labute approximate surface area is 183 Å². The fourth-order valence-electron chi connectivity index (χ4n) is 3.85. The van der Waals surface area contributed by atoms with Gasteiger partial charge in [-0.05, 0) is 30.2 Å². The van der Waals surface area contributed by atoms with Crippen LogP contribution in [0.1, 0.15) is 17.5 Å². The molecule has 1 aliphatic rings. The summed E-state index contributed by atoms with van der Waals surface area (Å²) in [6.45, 7) is 1.86. The Morgan fingerprint density at radius 1 is 1.26 bits per heavy atom. The predicted octanol–water partition coefficient (Wildman–Crippen LogP) is 3.48. The third-order valence-electron chi connectivity index (χ3n) is 5.47. The molecule has 0 saturated carbocycles. The van der Waals surface area contributed by atoms with Crippen molar-refractivity contribution >= 4 is 40.0 Å². The second kappa shape index (κ2) is 8.61. The zero-order valence-electron chi connectivity index (χ0n) is 16.8. The topological polar surface area (TPSA) is 82.5 Å². The smallest absolute Gasteiger partial charge is 0.247 e. The molecule has 3 aromatic rings. The average molecular weight is 442 g/mol. The van der Waals surface area contributed by atoms with Crippen molar-refractivity contribution in [2.45, 2.75) is 31.9 Å². The molecule has 1 fully saturated rings. The van der Waals surface area contributed by atoms with E-state index < -0.39 is 29.8 Å². The molecule has 160 valence electrons. The highest BCUT2D eigenvalue weighted by Gasteiger charge is 2.39. The zero-order valence-corrected chi connectivity index (χ0v) is 17.6. The number of aryl methyl sites for hydroxylation is 1. The quantitative estimate of drug-likeness (QED) is 0.649. The molecule has 1 aromatic heterocycles. The molecule has 31 heavy (non-hydrogen) atoms. The third-order valence-corrected chi connectivity index (χ3v) is 5.97. The van der Waals surface area contributed by atoms with E-state index in [9.17, 15) is 19.1 Å². The van der Waals surface area contributed by atoms with Crippen LogP contribution in [0.4, 0.5) is 10.1 Å². The molecule has 2 atom stereocenters. The van der Waals surface area contributed by atoms with Gasteiger partial charge < -0.3 is 15.3 Å². The van der Waals surface area contributed by atoms with Gasteiger partial charge in [0, 0.05) is 24.5 Å². The molecule has 8 heteroatoms. The molecule has 1 saturated heterocycles. The molecule has 2 aromatic carbocycles. The van der Waals surface area contributed by atoms with Crippen LogP contribution < -0.4 is 5.32 Å². The Morgan fingerprint density at radius 2 is 2.03 bits per heavy atom. The molecule has 2 amide bonds. The minimum atomic E-state index is -0.870. The van der Waals surface area contributed by atoms with Crippen LogP contribution in [0.15, 0.2) is 48.7 Å². The fraction of sp³-hybridized carbons (Fsp3) is 0.261. The van der Waals surface area contributed by atoms with Crippen LogP contribution in [0.3, 0.4) is 0 Å². The Bertz CT molecular complexity index is 1170. The molecule has 0 radical (unpaired) electrons. The van der Waals surface area contributed by atoms with E-state index in [0.717, 1.165) is 5.56 Å². The minimum Gasteiger partial charge on any atom is -0.391 e. The van der Waals surface area contributed by atoms with Crippen molar-refractivity contribution in [3.05, 3.63) is 70.6 Å². The van der Waals surface area contributed by atoms with Gasteiger partial charge in [-0.1, -0.05) is 41.9 Å². The van der Waals surface area contributed by atoms with Crippen molar-refractivity contribution in [2.24, 2.45) is 0 Å². The van der Waals surface area contributed by atoms with E-state index in [4.69, 9.17) is 11.6 Å². The summed E-state index contributed by atoms with van der Waals surface area (Å²) in [4.78, 5) is 31.5. The number of nitrogens with zero attached hydrogens (tertiary/aromatic N) is 2. The molecule has 0 spiro atoms. The van der Waals surface area contributed by atoms with Gasteiger partial charge in [0.25, 0.3) is 0 Å². The average Bonchev–Trinajstić information content (AvgIpc) is 3.15. The van der Waals surface area contributed by atoms with Crippen LogP contribution in [-0.2, 0) is 16.0 Å². The molecular formula is C23H21ClFN3O3. The van der Waals surface area contributed by atoms with Gasteiger partial charge in [-0.2, -0.15) is 0 Å². The number of benzene rings is 2. The number of pyridine rings is 1. The van der Waals surface area contributed by atoms with E-state index >= 15 is 0 Å². The van der Waals surface area contributed by atoms with Crippen molar-refractivity contribution in [2.75, 3.05) is 11.9 Å². The van der Waals surface area contributed by atoms with E-state index in [2.05, 4.69) is 10.3 Å². The number of rotatable bonds is 4. The number of aliphatic hydroxyl groups excluding tert-OH is 1. The van der Waals surface area contributed by atoms with Gasteiger partial charge in [0.2, 0.25) is 11.8 Å². The van der Waals surface area contributed by atoms with E-state index in [1.165, 1.54) is 17.0 Å². The normalized spacial score (nSPS) is 18.4. The largest absolute Gasteiger partial charge is 0.391 e. The summed E-state index contributed by atoms with van der Waals surface area (Å²) >= 11 is 6.37. The van der Waals surface area contributed by atoms with Gasteiger partial charge in [-0.15, -0.1) is 0 Å². The number of carbonyl (C=O) groups is 2. The lowest BCUT2D eigenvalue weighted by Gasteiger charge is -2.24. The molecule has 2 heterocycles. The lowest BCUT2D eigenvalue weighted by Crippen LogP contribution is -2.44. The Kier molecular flexibility index (Phi) is 5.89. The second-order valence-corrected chi connectivity index (χ2v) is 8.04. The number of nitrogens with one attached hydrogen (secondary N) is 1. The first kappa shape index (κ1) is 21.2. The Balaban J connectivity index is 1.56. The summed E-state index contributed by atoms with van der Waals surface area (Å²) in [5, 5.41) is 14.2. The number of aliphatic hydroxyl groups is 1. The van der Waals surface area contributed by atoms with Crippen molar-refractivity contribution in [1.82, 2.24) is 9.88 Å². The van der Waals surface area contributed by atoms with Crippen LogP contribution in [0, 0.1) is 12.7 Å². The minimum absolute atomic E-state index is 0.0180. The van der Waals surface area contributed by atoms with Crippen LogP contribution in [0.25, 0.3) is 10.9 Å². The lowest BCUT2D eigenvalue weighted by atomic mass is 10.1. The Hall–Kier alpha value is -3.03. The highest BCUT2D eigenvalue weighted by molar-refractivity contribution is 6.36. The predicted molar refractivity (Wildman–Crippen MR) is 116 cm³/mol. The summed E-state index contributed by atoms with van der Waals surface area (Å²) < 4.78 is 13.9. The molecule has 0 aliphatic carbocycles. The monoisotopic (exact) mass is 441 g/mol.